The molecule has 0 amide bonds. The maximum atomic E-state index is 12.1. The zero-order valence-electron chi connectivity index (χ0n) is 11.3. The van der Waals surface area contributed by atoms with Crippen LogP contribution in [0.2, 0.25) is 15.1 Å². The molecule has 0 heterocycles. The van der Waals surface area contributed by atoms with Crippen LogP contribution in [0.25, 0.3) is 0 Å². The molecule has 5 heteroatoms. The first-order valence-electron chi connectivity index (χ1n) is 6.29. The molecule has 0 aliphatic heterocycles. The van der Waals surface area contributed by atoms with Crippen LogP contribution in [0.5, 0.6) is 0 Å². The molecular formula is C16H13Cl3O2. The lowest BCUT2D eigenvalue weighted by Crippen LogP contribution is -2.17. The molecule has 2 rings (SSSR count). The molecule has 2 aromatic carbocycles. The summed E-state index contributed by atoms with van der Waals surface area (Å²) in [5.41, 5.74) is 1.54. The van der Waals surface area contributed by atoms with Crippen molar-refractivity contribution >= 4 is 40.8 Å². The quantitative estimate of drug-likeness (QED) is 0.718. The lowest BCUT2D eigenvalue weighted by atomic mass is 9.92. The van der Waals surface area contributed by atoms with E-state index in [2.05, 4.69) is 0 Å². The van der Waals surface area contributed by atoms with Crippen molar-refractivity contribution in [2.75, 3.05) is 7.11 Å². The van der Waals surface area contributed by atoms with E-state index in [0.717, 1.165) is 11.1 Å². The molecule has 110 valence electrons. The highest BCUT2D eigenvalue weighted by Crippen LogP contribution is 2.31. The van der Waals surface area contributed by atoms with Crippen LogP contribution in [-0.2, 0) is 16.0 Å². The second-order valence-electron chi connectivity index (χ2n) is 4.54. The monoisotopic (exact) mass is 342 g/mol. The van der Waals surface area contributed by atoms with Gasteiger partial charge in [0.05, 0.1) is 13.0 Å². The van der Waals surface area contributed by atoms with Gasteiger partial charge in [-0.05, 0) is 35.7 Å². The number of methoxy groups -OCH3 is 1. The summed E-state index contributed by atoms with van der Waals surface area (Å²) >= 11 is 18.3. The molecule has 0 saturated heterocycles. The number of ether oxygens (including phenoxy) is 1. The summed E-state index contributed by atoms with van der Waals surface area (Å²) in [7, 11) is 1.36. The van der Waals surface area contributed by atoms with Crippen molar-refractivity contribution in [3.8, 4) is 0 Å². The third kappa shape index (κ3) is 3.91. The largest absolute Gasteiger partial charge is 0.469 e. The van der Waals surface area contributed by atoms with Gasteiger partial charge >= 0.3 is 5.97 Å². The first-order valence-corrected chi connectivity index (χ1v) is 7.42. The molecule has 0 radical (unpaired) electrons. The van der Waals surface area contributed by atoms with E-state index < -0.39 is 5.92 Å². The van der Waals surface area contributed by atoms with Gasteiger partial charge in [0, 0.05) is 15.1 Å². The van der Waals surface area contributed by atoms with Crippen molar-refractivity contribution < 1.29 is 9.53 Å². The molecular weight excluding hydrogens is 331 g/mol. The molecule has 0 fully saturated rings. The fraction of sp³-hybridized carbons (Fsp3) is 0.188. The summed E-state index contributed by atoms with van der Waals surface area (Å²) in [5.74, 6) is -0.864. The number of benzene rings is 2. The van der Waals surface area contributed by atoms with E-state index in [-0.39, 0.29) is 5.97 Å². The first kappa shape index (κ1) is 16.2. The van der Waals surface area contributed by atoms with Crippen LogP contribution in [0.3, 0.4) is 0 Å². The Hall–Kier alpha value is -1.22. The molecule has 0 saturated carbocycles. The van der Waals surface area contributed by atoms with E-state index >= 15 is 0 Å². The Morgan fingerprint density at radius 2 is 1.81 bits per heavy atom. The molecule has 0 aromatic heterocycles. The van der Waals surface area contributed by atoms with Crippen LogP contribution in [0, 0.1) is 0 Å². The number of carbonyl (C=O) groups is 1. The average molecular weight is 344 g/mol. The number of halogens is 3. The Balaban J connectivity index is 2.38. The highest BCUT2D eigenvalue weighted by molar-refractivity contribution is 6.35. The van der Waals surface area contributed by atoms with Gasteiger partial charge in [0.1, 0.15) is 0 Å². The minimum atomic E-state index is -0.512. The Labute approximate surface area is 138 Å². The Morgan fingerprint density at radius 3 is 2.43 bits per heavy atom. The van der Waals surface area contributed by atoms with E-state index in [1.165, 1.54) is 7.11 Å². The predicted octanol–water partition coefficient (Wildman–Crippen LogP) is 5.15. The highest BCUT2D eigenvalue weighted by Gasteiger charge is 2.24. The predicted molar refractivity (Wildman–Crippen MR) is 86.4 cm³/mol. The van der Waals surface area contributed by atoms with E-state index in [1.54, 1.807) is 24.3 Å². The van der Waals surface area contributed by atoms with E-state index in [4.69, 9.17) is 39.5 Å². The lowest BCUT2D eigenvalue weighted by Gasteiger charge is -2.17. The van der Waals surface area contributed by atoms with Gasteiger partial charge in [0.25, 0.3) is 0 Å². The van der Waals surface area contributed by atoms with Gasteiger partial charge in [-0.2, -0.15) is 0 Å². The van der Waals surface area contributed by atoms with E-state index in [1.807, 2.05) is 18.2 Å². The zero-order valence-corrected chi connectivity index (χ0v) is 13.5. The topological polar surface area (TPSA) is 26.3 Å². The third-order valence-corrected chi connectivity index (χ3v) is 4.14. The van der Waals surface area contributed by atoms with E-state index in [9.17, 15) is 4.79 Å². The van der Waals surface area contributed by atoms with Gasteiger partial charge < -0.3 is 4.74 Å². The highest BCUT2D eigenvalue weighted by atomic mass is 35.5. The van der Waals surface area contributed by atoms with Crippen LogP contribution in [-0.4, -0.2) is 13.1 Å². The Kier molecular flexibility index (Phi) is 5.51. The summed E-state index contributed by atoms with van der Waals surface area (Å²) in [6.07, 6.45) is 0.395. The number of hydrogen-bond donors (Lipinski definition) is 0. The molecule has 1 atom stereocenters. The second kappa shape index (κ2) is 7.17. The lowest BCUT2D eigenvalue weighted by molar-refractivity contribution is -0.142. The van der Waals surface area contributed by atoms with Gasteiger partial charge in [0.2, 0.25) is 0 Å². The molecule has 0 spiro atoms. The maximum absolute atomic E-state index is 12.1. The van der Waals surface area contributed by atoms with Crippen LogP contribution in [0.15, 0.2) is 42.5 Å². The smallest absolute Gasteiger partial charge is 0.313 e. The molecule has 0 aliphatic rings. The van der Waals surface area contributed by atoms with Gasteiger partial charge in [0.15, 0.2) is 0 Å². The minimum absolute atomic E-state index is 0.353. The van der Waals surface area contributed by atoms with Crippen molar-refractivity contribution in [2.24, 2.45) is 0 Å². The van der Waals surface area contributed by atoms with E-state index in [0.29, 0.717) is 21.5 Å². The zero-order chi connectivity index (χ0) is 15.4. The normalized spacial score (nSPS) is 12.0. The molecule has 0 aliphatic carbocycles. The fourth-order valence-electron chi connectivity index (χ4n) is 2.13. The van der Waals surface area contributed by atoms with Crippen molar-refractivity contribution in [2.45, 2.75) is 12.3 Å². The number of hydrogen-bond acceptors (Lipinski definition) is 2. The molecule has 0 bridgehead atoms. The van der Waals surface area contributed by atoms with Gasteiger partial charge in [-0.15, -0.1) is 0 Å². The van der Waals surface area contributed by atoms with Crippen LogP contribution < -0.4 is 0 Å². The third-order valence-electron chi connectivity index (χ3n) is 3.21. The maximum Gasteiger partial charge on any atom is 0.313 e. The summed E-state index contributed by atoms with van der Waals surface area (Å²) in [4.78, 5) is 12.1. The summed E-state index contributed by atoms with van der Waals surface area (Å²) in [6.45, 7) is 0. The molecule has 2 nitrogen and oxygen atoms in total. The number of esters is 1. The SMILES string of the molecule is COC(=O)[C@@H](Cc1ccc(Cl)cc1Cl)c1ccccc1Cl. The van der Waals surface area contributed by atoms with Crippen LogP contribution >= 0.6 is 34.8 Å². The first-order chi connectivity index (χ1) is 10.0. The van der Waals surface area contributed by atoms with Crippen molar-refractivity contribution in [1.29, 1.82) is 0 Å². The van der Waals surface area contributed by atoms with Crippen molar-refractivity contribution in [1.82, 2.24) is 0 Å². The van der Waals surface area contributed by atoms with Gasteiger partial charge in [-0.3, -0.25) is 4.79 Å². The van der Waals surface area contributed by atoms with Crippen molar-refractivity contribution in [3.05, 3.63) is 68.7 Å². The van der Waals surface area contributed by atoms with Gasteiger partial charge in [-0.25, -0.2) is 0 Å². The molecule has 2 aromatic rings. The summed E-state index contributed by atoms with van der Waals surface area (Å²) in [6, 6.07) is 12.4. The minimum Gasteiger partial charge on any atom is -0.469 e. The van der Waals surface area contributed by atoms with Crippen molar-refractivity contribution in [3.63, 3.8) is 0 Å². The summed E-state index contributed by atoms with van der Waals surface area (Å²) in [5, 5.41) is 1.59. The van der Waals surface area contributed by atoms with Crippen LogP contribution in [0.1, 0.15) is 17.0 Å². The average Bonchev–Trinajstić information content (AvgIpc) is 2.47. The fourth-order valence-corrected chi connectivity index (χ4v) is 2.88. The second-order valence-corrected chi connectivity index (χ2v) is 5.79. The Bertz CT molecular complexity index is 656. The molecule has 0 unspecified atom stereocenters. The molecule has 0 N–H and O–H groups in total. The van der Waals surface area contributed by atoms with Gasteiger partial charge in [-0.1, -0.05) is 59.1 Å². The summed E-state index contributed by atoms with van der Waals surface area (Å²) < 4.78 is 4.89. The number of carbonyl (C=O) groups excluding carboxylic acids is 1. The standard InChI is InChI=1S/C16H13Cl3O2/c1-21-16(20)13(12-4-2-3-5-14(12)18)8-10-6-7-11(17)9-15(10)19/h2-7,9,13H,8H2,1H3/t13-/m0/s1. The Morgan fingerprint density at radius 1 is 1.10 bits per heavy atom. The number of rotatable bonds is 4. The van der Waals surface area contributed by atoms with Crippen LogP contribution in [0.4, 0.5) is 0 Å². The molecule has 21 heavy (non-hydrogen) atoms.